The lowest BCUT2D eigenvalue weighted by atomic mass is 9.77. The van der Waals surface area contributed by atoms with Crippen LogP contribution in [-0.2, 0) is 18.3 Å². The van der Waals surface area contributed by atoms with Crippen molar-refractivity contribution in [1.82, 2.24) is 0 Å². The molecular weight excluding hydrogens is 210 g/mol. The lowest BCUT2D eigenvalue weighted by Gasteiger charge is -2.29. The maximum Gasteiger partial charge on any atom is 0.0439 e. The number of aryl methyl sites for hydroxylation is 2. The summed E-state index contributed by atoms with van der Waals surface area (Å²) in [5, 5.41) is 9.18. The molecule has 0 fully saturated rings. The molecule has 1 aliphatic carbocycles. The lowest BCUT2D eigenvalue weighted by molar-refractivity contribution is 0.247. The Bertz CT molecular complexity index is 389. The quantitative estimate of drug-likeness (QED) is 0.837. The Hall–Kier alpha value is -0.860. The number of fused-ring (bicyclic) bond motifs is 1. The maximum atomic E-state index is 9.18. The molecule has 0 heterocycles. The summed E-state index contributed by atoms with van der Waals surface area (Å²) in [4.78, 5) is 0. The fourth-order valence-electron chi connectivity index (χ4n) is 2.72. The van der Waals surface area contributed by atoms with Crippen LogP contribution in [0, 0.1) is 0 Å². The zero-order valence-electron chi connectivity index (χ0n) is 10.7. The Morgan fingerprint density at radius 1 is 1.24 bits per heavy atom. The summed E-state index contributed by atoms with van der Waals surface area (Å²) in [6.45, 7) is 2.94. The Morgan fingerprint density at radius 3 is 2.59 bits per heavy atom. The van der Waals surface area contributed by atoms with E-state index in [4.69, 9.17) is 5.73 Å². The van der Waals surface area contributed by atoms with E-state index in [9.17, 15) is 5.11 Å². The largest absolute Gasteiger partial charge is 0.396 e. The molecule has 2 heteroatoms. The van der Waals surface area contributed by atoms with Gasteiger partial charge in [-0.15, -0.1) is 0 Å². The zero-order valence-corrected chi connectivity index (χ0v) is 10.7. The predicted octanol–water partition coefficient (Wildman–Crippen LogP) is 2.16. The smallest absolute Gasteiger partial charge is 0.0439 e. The number of aliphatic hydroxyl groups is 1. The summed E-state index contributed by atoms with van der Waals surface area (Å²) in [5.41, 5.74) is 10.1. The SMILES string of the molecule is CC(CN)(CCO)c1ccc2c(c1)CCCC2. The standard InChI is InChI=1S/C15H23NO/c1-15(11-16,8-9-17)14-7-6-12-4-2-3-5-13(12)10-14/h6-7,10,17H,2-5,8-9,11,16H2,1H3. The molecule has 17 heavy (non-hydrogen) atoms. The van der Waals surface area contributed by atoms with Gasteiger partial charge in [0.1, 0.15) is 0 Å². The molecule has 1 aromatic rings. The third-order valence-electron chi connectivity index (χ3n) is 4.16. The highest BCUT2D eigenvalue weighted by Gasteiger charge is 2.25. The van der Waals surface area contributed by atoms with Crippen molar-refractivity contribution in [2.45, 2.75) is 44.4 Å². The molecule has 94 valence electrons. The van der Waals surface area contributed by atoms with Gasteiger partial charge >= 0.3 is 0 Å². The number of benzene rings is 1. The average molecular weight is 233 g/mol. The van der Waals surface area contributed by atoms with Crippen LogP contribution in [0.15, 0.2) is 18.2 Å². The number of nitrogens with two attached hydrogens (primary N) is 1. The molecule has 0 saturated carbocycles. The molecule has 1 aliphatic rings. The normalized spacial score (nSPS) is 18.5. The Labute approximate surface area is 104 Å². The van der Waals surface area contributed by atoms with Crippen molar-refractivity contribution in [3.63, 3.8) is 0 Å². The minimum absolute atomic E-state index is 0.0821. The van der Waals surface area contributed by atoms with Crippen molar-refractivity contribution in [2.75, 3.05) is 13.2 Å². The van der Waals surface area contributed by atoms with Gasteiger partial charge in [0.25, 0.3) is 0 Å². The minimum Gasteiger partial charge on any atom is -0.396 e. The van der Waals surface area contributed by atoms with Crippen LogP contribution in [0.4, 0.5) is 0 Å². The van der Waals surface area contributed by atoms with Crippen LogP contribution in [0.3, 0.4) is 0 Å². The molecule has 0 aromatic heterocycles. The van der Waals surface area contributed by atoms with Gasteiger partial charge in [-0.3, -0.25) is 0 Å². The minimum atomic E-state index is -0.0821. The molecular formula is C15H23NO. The van der Waals surface area contributed by atoms with Gasteiger partial charge in [-0.2, -0.15) is 0 Å². The number of rotatable bonds is 4. The van der Waals surface area contributed by atoms with E-state index in [0.717, 1.165) is 6.42 Å². The van der Waals surface area contributed by atoms with E-state index < -0.39 is 0 Å². The molecule has 2 nitrogen and oxygen atoms in total. The van der Waals surface area contributed by atoms with Crippen LogP contribution >= 0.6 is 0 Å². The van der Waals surface area contributed by atoms with Gasteiger partial charge in [-0.1, -0.05) is 25.1 Å². The molecule has 2 rings (SSSR count). The van der Waals surface area contributed by atoms with E-state index >= 15 is 0 Å². The van der Waals surface area contributed by atoms with Crippen LogP contribution in [0.5, 0.6) is 0 Å². The second-order valence-corrected chi connectivity index (χ2v) is 5.43. The van der Waals surface area contributed by atoms with E-state index in [1.54, 1.807) is 0 Å². The zero-order chi connectivity index (χ0) is 12.3. The molecule has 0 saturated heterocycles. The molecule has 0 bridgehead atoms. The van der Waals surface area contributed by atoms with Crippen molar-refractivity contribution in [3.8, 4) is 0 Å². The molecule has 1 aromatic carbocycles. The molecule has 1 unspecified atom stereocenters. The van der Waals surface area contributed by atoms with Crippen molar-refractivity contribution in [2.24, 2.45) is 5.73 Å². The summed E-state index contributed by atoms with van der Waals surface area (Å²) in [6.07, 6.45) is 5.77. The molecule has 0 amide bonds. The first-order valence-electron chi connectivity index (χ1n) is 6.63. The third kappa shape index (κ3) is 2.53. The Balaban J connectivity index is 2.32. The first kappa shape index (κ1) is 12.6. The highest BCUT2D eigenvalue weighted by atomic mass is 16.3. The fraction of sp³-hybridized carbons (Fsp3) is 0.600. The monoisotopic (exact) mass is 233 g/mol. The first-order chi connectivity index (χ1) is 8.19. The van der Waals surface area contributed by atoms with E-state index in [2.05, 4.69) is 25.1 Å². The van der Waals surface area contributed by atoms with Crippen molar-refractivity contribution < 1.29 is 5.11 Å². The molecule has 3 N–H and O–H groups in total. The van der Waals surface area contributed by atoms with Crippen LogP contribution in [0.1, 0.15) is 42.9 Å². The van der Waals surface area contributed by atoms with E-state index in [1.165, 1.54) is 42.4 Å². The van der Waals surface area contributed by atoms with Gasteiger partial charge in [0.05, 0.1) is 0 Å². The second-order valence-electron chi connectivity index (χ2n) is 5.43. The van der Waals surface area contributed by atoms with Crippen molar-refractivity contribution >= 4 is 0 Å². The summed E-state index contributed by atoms with van der Waals surface area (Å²) in [6, 6.07) is 6.78. The van der Waals surface area contributed by atoms with Gasteiger partial charge < -0.3 is 10.8 Å². The van der Waals surface area contributed by atoms with Crippen LogP contribution < -0.4 is 5.73 Å². The Morgan fingerprint density at radius 2 is 1.94 bits per heavy atom. The van der Waals surface area contributed by atoms with Crippen molar-refractivity contribution in [1.29, 1.82) is 0 Å². The van der Waals surface area contributed by atoms with Gasteiger partial charge in [0.2, 0.25) is 0 Å². The van der Waals surface area contributed by atoms with E-state index in [-0.39, 0.29) is 12.0 Å². The Kier molecular flexibility index (Phi) is 3.85. The average Bonchev–Trinajstić information content (AvgIpc) is 2.38. The summed E-state index contributed by atoms with van der Waals surface area (Å²) < 4.78 is 0. The van der Waals surface area contributed by atoms with Crippen molar-refractivity contribution in [3.05, 3.63) is 34.9 Å². The topological polar surface area (TPSA) is 46.2 Å². The number of hydrogen-bond acceptors (Lipinski definition) is 2. The highest BCUT2D eigenvalue weighted by Crippen LogP contribution is 2.30. The summed E-state index contributed by atoms with van der Waals surface area (Å²) in [5.74, 6) is 0. The highest BCUT2D eigenvalue weighted by molar-refractivity contribution is 5.37. The first-order valence-corrected chi connectivity index (χ1v) is 6.63. The van der Waals surface area contributed by atoms with E-state index in [0.29, 0.717) is 6.54 Å². The number of hydrogen-bond donors (Lipinski definition) is 2. The van der Waals surface area contributed by atoms with Gasteiger partial charge in [0, 0.05) is 18.6 Å². The van der Waals surface area contributed by atoms with Gasteiger partial charge in [-0.05, 0) is 48.8 Å². The fourth-order valence-corrected chi connectivity index (χ4v) is 2.72. The summed E-state index contributed by atoms with van der Waals surface area (Å²) >= 11 is 0. The van der Waals surface area contributed by atoms with Gasteiger partial charge in [-0.25, -0.2) is 0 Å². The molecule has 0 aliphatic heterocycles. The van der Waals surface area contributed by atoms with Crippen LogP contribution in [0.2, 0.25) is 0 Å². The number of aliphatic hydroxyl groups excluding tert-OH is 1. The lowest BCUT2D eigenvalue weighted by Crippen LogP contribution is -2.33. The predicted molar refractivity (Wildman–Crippen MR) is 71.2 cm³/mol. The molecule has 1 atom stereocenters. The molecule has 0 spiro atoms. The van der Waals surface area contributed by atoms with Crippen LogP contribution in [0.25, 0.3) is 0 Å². The molecule has 0 radical (unpaired) electrons. The second kappa shape index (κ2) is 5.19. The van der Waals surface area contributed by atoms with Crippen LogP contribution in [-0.4, -0.2) is 18.3 Å². The van der Waals surface area contributed by atoms with Gasteiger partial charge in [0.15, 0.2) is 0 Å². The van der Waals surface area contributed by atoms with E-state index in [1.807, 2.05) is 0 Å². The maximum absolute atomic E-state index is 9.18. The summed E-state index contributed by atoms with van der Waals surface area (Å²) in [7, 11) is 0. The third-order valence-corrected chi connectivity index (χ3v) is 4.16.